The normalized spacial score (nSPS) is 11.6. The number of aromatic nitrogens is 6. The van der Waals surface area contributed by atoms with E-state index in [2.05, 4.69) is 62.6 Å². The van der Waals surface area contributed by atoms with Crippen molar-refractivity contribution in [2.75, 3.05) is 0 Å². The summed E-state index contributed by atoms with van der Waals surface area (Å²) < 4.78 is 2.02. The van der Waals surface area contributed by atoms with Crippen LogP contribution in [0.3, 0.4) is 0 Å². The molecule has 172 valence electrons. The number of benzene rings is 3. The molecule has 0 aliphatic rings. The van der Waals surface area contributed by atoms with Gasteiger partial charge in [0.05, 0.1) is 28.6 Å². The number of rotatable bonds is 4. The molecule has 0 unspecified atom stereocenters. The fourth-order valence-electron chi connectivity index (χ4n) is 4.72. The van der Waals surface area contributed by atoms with Crippen LogP contribution in [0, 0.1) is 0 Å². The molecule has 0 saturated carbocycles. The van der Waals surface area contributed by atoms with Gasteiger partial charge in [-0.1, -0.05) is 54.6 Å². The number of nitrogens with one attached hydrogen (secondary N) is 1. The first kappa shape index (κ1) is 20.5. The quantitative estimate of drug-likeness (QED) is 0.350. The van der Waals surface area contributed by atoms with Crippen LogP contribution >= 0.6 is 0 Å². The average Bonchev–Trinajstić information content (AvgIpc) is 3.59. The molecular weight excluding hydrogens is 446 g/mol. The van der Waals surface area contributed by atoms with E-state index in [9.17, 15) is 0 Å². The van der Waals surface area contributed by atoms with Crippen molar-refractivity contribution in [3.63, 3.8) is 0 Å². The Bertz CT molecular complexity index is 1870. The summed E-state index contributed by atoms with van der Waals surface area (Å²) in [5, 5.41) is 10.1. The Morgan fingerprint density at radius 3 is 2.44 bits per heavy atom. The van der Waals surface area contributed by atoms with Gasteiger partial charge in [-0.3, -0.25) is 4.40 Å². The maximum absolute atomic E-state index is 5.82. The molecule has 36 heavy (non-hydrogen) atoms. The third-order valence-electron chi connectivity index (χ3n) is 6.60. The maximum Gasteiger partial charge on any atom is 0.170 e. The van der Waals surface area contributed by atoms with Crippen molar-refractivity contribution in [1.82, 2.24) is 29.5 Å². The van der Waals surface area contributed by atoms with Gasteiger partial charge < -0.3 is 10.7 Å². The molecule has 4 aromatic heterocycles. The number of hydrogen-bond donors (Lipinski definition) is 2. The van der Waals surface area contributed by atoms with Crippen LogP contribution in [-0.2, 0) is 6.54 Å². The van der Waals surface area contributed by atoms with Crippen LogP contribution in [-0.4, -0.2) is 29.5 Å². The first-order valence-corrected chi connectivity index (χ1v) is 11.8. The molecule has 4 heterocycles. The zero-order chi connectivity index (χ0) is 24.1. The fraction of sp³-hybridized carbons (Fsp3) is 0.0345. The first-order chi connectivity index (χ1) is 17.8. The Balaban J connectivity index is 1.46. The highest BCUT2D eigenvalue weighted by Crippen LogP contribution is 2.35. The van der Waals surface area contributed by atoms with Crippen LogP contribution in [0.5, 0.6) is 0 Å². The number of imidazole rings is 1. The van der Waals surface area contributed by atoms with E-state index in [0.717, 1.165) is 66.9 Å². The first-order valence-electron chi connectivity index (χ1n) is 11.8. The molecule has 0 atom stereocenters. The maximum atomic E-state index is 5.82. The van der Waals surface area contributed by atoms with E-state index in [0.29, 0.717) is 6.54 Å². The zero-order valence-corrected chi connectivity index (χ0v) is 19.3. The van der Waals surface area contributed by atoms with Gasteiger partial charge in [0.25, 0.3) is 0 Å². The van der Waals surface area contributed by atoms with Gasteiger partial charge in [-0.25, -0.2) is 9.97 Å². The van der Waals surface area contributed by atoms with E-state index in [4.69, 9.17) is 10.7 Å². The summed E-state index contributed by atoms with van der Waals surface area (Å²) in [6, 6.07) is 28.9. The third kappa shape index (κ3) is 3.25. The van der Waals surface area contributed by atoms with Crippen LogP contribution in [0.1, 0.15) is 5.56 Å². The Kier molecular flexibility index (Phi) is 4.62. The molecule has 7 nitrogen and oxygen atoms in total. The van der Waals surface area contributed by atoms with Crippen LogP contribution in [0.25, 0.3) is 61.4 Å². The molecular formula is C29H21N7. The van der Waals surface area contributed by atoms with Crippen molar-refractivity contribution >= 4 is 27.6 Å². The summed E-state index contributed by atoms with van der Waals surface area (Å²) in [6.07, 6.45) is 3.68. The molecule has 0 aliphatic heterocycles. The highest BCUT2D eigenvalue weighted by atomic mass is 15.2. The minimum absolute atomic E-state index is 0.511. The Morgan fingerprint density at radius 2 is 1.61 bits per heavy atom. The summed E-state index contributed by atoms with van der Waals surface area (Å²) in [7, 11) is 0. The van der Waals surface area contributed by atoms with E-state index in [1.54, 1.807) is 6.33 Å². The van der Waals surface area contributed by atoms with Crippen LogP contribution in [0.2, 0.25) is 0 Å². The van der Waals surface area contributed by atoms with Gasteiger partial charge in [0.2, 0.25) is 0 Å². The van der Waals surface area contributed by atoms with Crippen molar-refractivity contribution in [3.05, 3.63) is 103 Å². The van der Waals surface area contributed by atoms with Crippen molar-refractivity contribution in [2.45, 2.75) is 6.54 Å². The van der Waals surface area contributed by atoms with E-state index >= 15 is 0 Å². The topological polar surface area (TPSA) is 97.8 Å². The largest absolute Gasteiger partial charge is 0.345 e. The van der Waals surface area contributed by atoms with E-state index in [1.165, 1.54) is 0 Å². The number of pyridine rings is 2. The Morgan fingerprint density at radius 1 is 0.778 bits per heavy atom. The predicted molar refractivity (Wildman–Crippen MR) is 142 cm³/mol. The van der Waals surface area contributed by atoms with Crippen molar-refractivity contribution in [3.8, 4) is 33.8 Å². The van der Waals surface area contributed by atoms with Crippen LogP contribution in [0.15, 0.2) is 97.5 Å². The van der Waals surface area contributed by atoms with Crippen LogP contribution < -0.4 is 5.73 Å². The number of nitrogens with zero attached hydrogens (tertiary/aromatic N) is 5. The monoisotopic (exact) mass is 467 g/mol. The van der Waals surface area contributed by atoms with Crippen molar-refractivity contribution < 1.29 is 0 Å². The molecule has 0 aliphatic carbocycles. The van der Waals surface area contributed by atoms with E-state index in [1.807, 2.05) is 53.1 Å². The molecule has 0 radical (unpaired) electrons. The van der Waals surface area contributed by atoms with Crippen molar-refractivity contribution in [1.29, 1.82) is 0 Å². The van der Waals surface area contributed by atoms with Gasteiger partial charge in [0.1, 0.15) is 0 Å². The zero-order valence-electron chi connectivity index (χ0n) is 19.3. The van der Waals surface area contributed by atoms with Gasteiger partial charge in [-0.05, 0) is 41.5 Å². The number of aromatic amines is 1. The molecule has 0 bridgehead atoms. The molecule has 0 amide bonds. The molecule has 0 spiro atoms. The summed E-state index contributed by atoms with van der Waals surface area (Å²) in [5.41, 5.74) is 15.5. The summed E-state index contributed by atoms with van der Waals surface area (Å²) in [4.78, 5) is 12.6. The van der Waals surface area contributed by atoms with Gasteiger partial charge >= 0.3 is 0 Å². The standard InChI is InChI=1S/C29H21N7/c30-16-18-6-8-20(9-7-18)27-22(19-4-2-1-3-5-19)15-23-24(33-27)12-13-36-28(34-35-29(23)36)21-10-11-25-26(14-21)32-17-31-25/h1-15,17H,16,30H2,(H,31,32). The van der Waals surface area contributed by atoms with Gasteiger partial charge in [0.15, 0.2) is 11.5 Å². The van der Waals surface area contributed by atoms with Crippen molar-refractivity contribution in [2.24, 2.45) is 5.73 Å². The number of nitrogens with two attached hydrogens (primary N) is 1. The van der Waals surface area contributed by atoms with Gasteiger partial charge in [-0.2, -0.15) is 0 Å². The Labute approximate surface area is 206 Å². The molecule has 0 fully saturated rings. The lowest BCUT2D eigenvalue weighted by molar-refractivity contribution is 1.07. The lowest BCUT2D eigenvalue weighted by Crippen LogP contribution is -1.97. The summed E-state index contributed by atoms with van der Waals surface area (Å²) >= 11 is 0. The van der Waals surface area contributed by atoms with Crippen LogP contribution in [0.4, 0.5) is 0 Å². The van der Waals surface area contributed by atoms with Gasteiger partial charge in [-0.15, -0.1) is 10.2 Å². The lowest BCUT2D eigenvalue weighted by atomic mass is 9.97. The lowest BCUT2D eigenvalue weighted by Gasteiger charge is -2.13. The number of hydrogen-bond acceptors (Lipinski definition) is 5. The van der Waals surface area contributed by atoms with E-state index in [-0.39, 0.29) is 0 Å². The Hall–Kier alpha value is -4.88. The number of H-pyrrole nitrogens is 1. The summed E-state index contributed by atoms with van der Waals surface area (Å²) in [6.45, 7) is 0.511. The summed E-state index contributed by atoms with van der Waals surface area (Å²) in [5.74, 6) is 0.770. The third-order valence-corrected chi connectivity index (χ3v) is 6.60. The minimum atomic E-state index is 0.511. The average molecular weight is 468 g/mol. The second-order valence-electron chi connectivity index (χ2n) is 8.75. The SMILES string of the molecule is NCc1ccc(-c2nc3ccn4c(-c5ccc6nc[nH]c6c5)nnc4c3cc2-c2ccccc2)cc1. The fourth-order valence-corrected chi connectivity index (χ4v) is 4.72. The highest BCUT2D eigenvalue weighted by Gasteiger charge is 2.16. The second-order valence-corrected chi connectivity index (χ2v) is 8.75. The van der Waals surface area contributed by atoms with Gasteiger partial charge in [0, 0.05) is 34.8 Å². The highest BCUT2D eigenvalue weighted by molar-refractivity contribution is 5.98. The second kappa shape index (κ2) is 8.11. The smallest absolute Gasteiger partial charge is 0.170 e. The molecule has 3 N–H and O–H groups in total. The molecule has 7 heteroatoms. The molecule has 7 rings (SSSR count). The number of fused-ring (bicyclic) bond motifs is 4. The van der Waals surface area contributed by atoms with E-state index < -0.39 is 0 Å². The minimum Gasteiger partial charge on any atom is -0.345 e. The predicted octanol–water partition coefficient (Wildman–Crippen LogP) is 5.61. The molecule has 3 aromatic carbocycles. The molecule has 0 saturated heterocycles. The molecule has 7 aromatic rings.